The Balaban J connectivity index is 1.93. The lowest BCUT2D eigenvalue weighted by Crippen LogP contribution is -2.34. The van der Waals surface area contributed by atoms with Crippen LogP contribution >= 0.6 is 0 Å². The molecule has 4 rings (SSSR count). The highest BCUT2D eigenvalue weighted by molar-refractivity contribution is 5.97. The minimum Gasteiger partial charge on any atom is -0.350 e. The van der Waals surface area contributed by atoms with E-state index in [9.17, 15) is 9.59 Å². The number of nitrogens with one attached hydrogen (secondary N) is 1. The van der Waals surface area contributed by atoms with Crippen molar-refractivity contribution in [3.05, 3.63) is 89.1 Å². The highest BCUT2D eigenvalue weighted by atomic mass is 16.2. The van der Waals surface area contributed by atoms with Gasteiger partial charge in [0, 0.05) is 42.1 Å². The Labute approximate surface area is 167 Å². The summed E-state index contributed by atoms with van der Waals surface area (Å²) in [4.78, 5) is 34.1. The topological polar surface area (TPSA) is 76.9 Å². The van der Waals surface area contributed by atoms with E-state index in [0.717, 1.165) is 16.8 Å². The van der Waals surface area contributed by atoms with Crippen molar-refractivity contribution < 1.29 is 4.79 Å². The van der Waals surface area contributed by atoms with Gasteiger partial charge in [-0.05, 0) is 49.7 Å². The van der Waals surface area contributed by atoms with Gasteiger partial charge in [0.2, 0.25) is 5.43 Å². The normalized spacial score (nSPS) is 11.0. The van der Waals surface area contributed by atoms with Gasteiger partial charge in [-0.2, -0.15) is 0 Å². The first-order chi connectivity index (χ1) is 14.0. The number of carbonyl (C=O) groups is 1. The fourth-order valence-corrected chi connectivity index (χ4v) is 3.23. The third kappa shape index (κ3) is 3.65. The Morgan fingerprint density at radius 1 is 1.03 bits per heavy atom. The molecule has 1 N–H and O–H groups in total. The second-order valence-electron chi connectivity index (χ2n) is 7.04. The third-order valence-corrected chi connectivity index (χ3v) is 4.55. The van der Waals surface area contributed by atoms with Crippen LogP contribution in [0.25, 0.3) is 27.8 Å². The summed E-state index contributed by atoms with van der Waals surface area (Å²) >= 11 is 0. The molecule has 29 heavy (non-hydrogen) atoms. The van der Waals surface area contributed by atoms with Crippen LogP contribution in [0, 0.1) is 0 Å². The molecule has 4 aromatic rings. The van der Waals surface area contributed by atoms with Crippen molar-refractivity contribution in [1.82, 2.24) is 19.9 Å². The molecule has 0 unspecified atom stereocenters. The number of fused-ring (bicyclic) bond motifs is 1. The number of pyridine rings is 3. The zero-order valence-electron chi connectivity index (χ0n) is 16.2. The fraction of sp³-hybridized carbons (Fsp3) is 0.130. The largest absolute Gasteiger partial charge is 0.350 e. The summed E-state index contributed by atoms with van der Waals surface area (Å²) in [6.07, 6.45) is 6.73. The van der Waals surface area contributed by atoms with Gasteiger partial charge in [0.15, 0.2) is 0 Å². The van der Waals surface area contributed by atoms with Crippen LogP contribution in [0.15, 0.2) is 78.1 Å². The highest BCUT2D eigenvalue weighted by Gasteiger charge is 2.17. The molecule has 0 aliphatic heterocycles. The van der Waals surface area contributed by atoms with Gasteiger partial charge in [-0.3, -0.25) is 14.6 Å². The van der Waals surface area contributed by atoms with Crippen LogP contribution < -0.4 is 10.7 Å². The summed E-state index contributed by atoms with van der Waals surface area (Å²) in [5.74, 6) is -0.395. The van der Waals surface area contributed by atoms with E-state index in [1.165, 1.54) is 0 Å². The van der Waals surface area contributed by atoms with E-state index < -0.39 is 5.91 Å². The first kappa shape index (κ1) is 18.6. The lowest BCUT2D eigenvalue weighted by Gasteiger charge is -2.14. The van der Waals surface area contributed by atoms with Crippen molar-refractivity contribution in [2.75, 3.05) is 0 Å². The maximum absolute atomic E-state index is 12.9. The minimum atomic E-state index is -0.395. The maximum Gasteiger partial charge on any atom is 0.256 e. The molecule has 0 spiro atoms. The summed E-state index contributed by atoms with van der Waals surface area (Å²) in [6, 6.07) is 15.0. The fourth-order valence-electron chi connectivity index (χ4n) is 3.23. The molecule has 0 radical (unpaired) electrons. The van der Waals surface area contributed by atoms with Crippen LogP contribution in [0.4, 0.5) is 0 Å². The number of carbonyl (C=O) groups excluding carboxylic acids is 1. The molecule has 6 heteroatoms. The van der Waals surface area contributed by atoms with Crippen molar-refractivity contribution in [1.29, 1.82) is 0 Å². The van der Waals surface area contributed by atoms with Crippen LogP contribution in [0.2, 0.25) is 0 Å². The molecule has 0 fully saturated rings. The maximum atomic E-state index is 12.9. The van der Waals surface area contributed by atoms with E-state index >= 15 is 0 Å². The number of rotatable bonds is 4. The molecule has 0 atom stereocenters. The minimum absolute atomic E-state index is 0.0751. The van der Waals surface area contributed by atoms with Crippen molar-refractivity contribution in [3.8, 4) is 16.8 Å². The summed E-state index contributed by atoms with van der Waals surface area (Å²) in [5.41, 5.74) is 3.02. The molecule has 144 valence electrons. The van der Waals surface area contributed by atoms with Crippen molar-refractivity contribution in [2.24, 2.45) is 0 Å². The lowest BCUT2D eigenvalue weighted by molar-refractivity contribution is 0.0941. The monoisotopic (exact) mass is 384 g/mol. The molecule has 3 heterocycles. The number of benzene rings is 1. The van der Waals surface area contributed by atoms with E-state index in [2.05, 4.69) is 15.3 Å². The van der Waals surface area contributed by atoms with E-state index in [1.54, 1.807) is 41.5 Å². The van der Waals surface area contributed by atoms with E-state index in [-0.39, 0.29) is 17.0 Å². The van der Waals surface area contributed by atoms with E-state index in [4.69, 9.17) is 0 Å². The number of aromatic nitrogens is 3. The third-order valence-electron chi connectivity index (χ3n) is 4.55. The van der Waals surface area contributed by atoms with Crippen LogP contribution in [0.1, 0.15) is 24.2 Å². The molecule has 3 aromatic heterocycles. The number of hydrogen-bond donors (Lipinski definition) is 1. The molecule has 0 aliphatic carbocycles. The second-order valence-corrected chi connectivity index (χ2v) is 7.04. The zero-order chi connectivity index (χ0) is 20.4. The summed E-state index contributed by atoms with van der Waals surface area (Å²) in [7, 11) is 0. The predicted octanol–water partition coefficient (Wildman–Crippen LogP) is 3.59. The number of hydrogen-bond acceptors (Lipinski definition) is 4. The Bertz CT molecular complexity index is 1250. The van der Waals surface area contributed by atoms with Gasteiger partial charge in [-0.25, -0.2) is 4.98 Å². The standard InChI is InChI=1S/C23H20N4O2/c1-15(2)26-23(29)20-14-27(22-19(21(20)28)9-5-11-25-22)18-8-3-6-16(12-18)17-7-4-10-24-13-17/h3-15H,1-2H3,(H,26,29). The number of amides is 1. The summed E-state index contributed by atoms with van der Waals surface area (Å²) in [5, 5.41) is 3.20. The SMILES string of the molecule is CC(C)NC(=O)c1cn(-c2cccc(-c3cccnc3)c2)c2ncccc2c1=O. The highest BCUT2D eigenvalue weighted by Crippen LogP contribution is 2.23. The van der Waals surface area contributed by atoms with Crippen LogP contribution in [-0.4, -0.2) is 26.5 Å². The molecule has 0 aliphatic rings. The van der Waals surface area contributed by atoms with Crippen LogP contribution in [0.5, 0.6) is 0 Å². The molecular weight excluding hydrogens is 364 g/mol. The van der Waals surface area contributed by atoms with Gasteiger partial charge in [-0.15, -0.1) is 0 Å². The van der Waals surface area contributed by atoms with Gasteiger partial charge in [0.25, 0.3) is 5.91 Å². The van der Waals surface area contributed by atoms with Gasteiger partial charge in [0.05, 0.1) is 5.39 Å². The van der Waals surface area contributed by atoms with Gasteiger partial charge in [-0.1, -0.05) is 18.2 Å². The van der Waals surface area contributed by atoms with E-state index in [0.29, 0.717) is 11.0 Å². The van der Waals surface area contributed by atoms with Crippen LogP contribution in [0.3, 0.4) is 0 Å². The van der Waals surface area contributed by atoms with Gasteiger partial charge >= 0.3 is 0 Å². The molecule has 1 aromatic carbocycles. The molecule has 0 bridgehead atoms. The summed E-state index contributed by atoms with van der Waals surface area (Å²) in [6.45, 7) is 3.72. The molecular formula is C23H20N4O2. The zero-order valence-corrected chi connectivity index (χ0v) is 16.2. The van der Waals surface area contributed by atoms with Crippen molar-refractivity contribution in [3.63, 3.8) is 0 Å². The van der Waals surface area contributed by atoms with Crippen molar-refractivity contribution >= 4 is 16.9 Å². The van der Waals surface area contributed by atoms with E-state index in [1.807, 2.05) is 50.2 Å². The molecule has 0 saturated carbocycles. The lowest BCUT2D eigenvalue weighted by atomic mass is 10.1. The average Bonchev–Trinajstić information content (AvgIpc) is 2.74. The Hall–Kier alpha value is -3.80. The number of nitrogens with zero attached hydrogens (tertiary/aromatic N) is 3. The quantitative estimate of drug-likeness (QED) is 0.583. The molecule has 0 saturated heterocycles. The molecule has 1 amide bonds. The van der Waals surface area contributed by atoms with Crippen molar-refractivity contribution in [2.45, 2.75) is 19.9 Å². The smallest absolute Gasteiger partial charge is 0.256 e. The Morgan fingerprint density at radius 2 is 1.83 bits per heavy atom. The summed E-state index contributed by atoms with van der Waals surface area (Å²) < 4.78 is 1.78. The van der Waals surface area contributed by atoms with Gasteiger partial charge < -0.3 is 9.88 Å². The van der Waals surface area contributed by atoms with Crippen LogP contribution in [-0.2, 0) is 0 Å². The first-order valence-corrected chi connectivity index (χ1v) is 9.36. The first-order valence-electron chi connectivity index (χ1n) is 9.36. The second kappa shape index (κ2) is 7.67. The molecule has 6 nitrogen and oxygen atoms in total. The average molecular weight is 384 g/mol. The predicted molar refractivity (Wildman–Crippen MR) is 113 cm³/mol. The Kier molecular flexibility index (Phi) is 4.91. The Morgan fingerprint density at radius 3 is 2.59 bits per heavy atom. The van der Waals surface area contributed by atoms with Gasteiger partial charge in [0.1, 0.15) is 11.2 Å².